The van der Waals surface area contributed by atoms with E-state index in [0.717, 1.165) is 5.56 Å². The molecule has 0 atom stereocenters. The fourth-order valence-corrected chi connectivity index (χ4v) is 2.20. The molecule has 1 heterocycles. The fourth-order valence-electron chi connectivity index (χ4n) is 2.20. The molecule has 0 amide bonds. The Morgan fingerprint density at radius 2 is 1.84 bits per heavy atom. The van der Waals surface area contributed by atoms with Crippen LogP contribution in [-0.2, 0) is 10.7 Å². The summed E-state index contributed by atoms with van der Waals surface area (Å²) in [5.41, 5.74) is 1.33. The molecular formula is C19H15F2NO3. The molecule has 3 aromatic rings. The molecule has 0 bridgehead atoms. The van der Waals surface area contributed by atoms with Crippen molar-refractivity contribution < 1.29 is 22.7 Å². The quantitative estimate of drug-likeness (QED) is 0.389. The van der Waals surface area contributed by atoms with E-state index in [9.17, 15) is 13.6 Å². The van der Waals surface area contributed by atoms with Crippen molar-refractivity contribution in [3.63, 3.8) is 0 Å². The largest absolute Gasteiger partial charge is 0.435 e. The molecule has 4 nitrogen and oxygen atoms in total. The number of benzene rings is 2. The van der Waals surface area contributed by atoms with Gasteiger partial charge in [-0.05, 0) is 38.1 Å². The summed E-state index contributed by atoms with van der Waals surface area (Å²) in [6.07, 6.45) is 0.494. The van der Waals surface area contributed by atoms with Gasteiger partial charge in [-0.2, -0.15) is 8.78 Å². The Hall–Kier alpha value is -3.02. The number of carbonyl (C=O) groups is 1. The molecule has 0 N–H and O–H groups in total. The molecule has 0 unspecified atom stereocenters. The van der Waals surface area contributed by atoms with Gasteiger partial charge in [-0.1, -0.05) is 29.8 Å². The SMILES string of the molecule is C/C(=C\C(F)(F)c1nc2ccccc2o1)C(=O)Oc1ccc(C)cc1. The van der Waals surface area contributed by atoms with E-state index in [1.54, 1.807) is 48.5 Å². The van der Waals surface area contributed by atoms with Crippen LogP contribution in [0.2, 0.25) is 0 Å². The number of ether oxygens (including phenoxy) is 1. The highest BCUT2D eigenvalue weighted by Gasteiger charge is 2.36. The van der Waals surface area contributed by atoms with E-state index in [-0.39, 0.29) is 16.9 Å². The van der Waals surface area contributed by atoms with Crippen molar-refractivity contribution in [3.8, 4) is 5.75 Å². The molecule has 0 saturated carbocycles. The van der Waals surface area contributed by atoms with Crippen LogP contribution in [0.4, 0.5) is 8.78 Å². The van der Waals surface area contributed by atoms with E-state index in [0.29, 0.717) is 11.6 Å². The molecule has 0 aliphatic carbocycles. The van der Waals surface area contributed by atoms with E-state index >= 15 is 0 Å². The Labute approximate surface area is 142 Å². The summed E-state index contributed by atoms with van der Waals surface area (Å²) in [7, 11) is 0. The molecule has 6 heteroatoms. The third kappa shape index (κ3) is 3.74. The number of alkyl halides is 2. The number of halogens is 2. The second kappa shape index (κ2) is 6.47. The van der Waals surface area contributed by atoms with Gasteiger partial charge in [-0.3, -0.25) is 0 Å². The van der Waals surface area contributed by atoms with Crippen LogP contribution in [0.5, 0.6) is 5.75 Å². The topological polar surface area (TPSA) is 52.3 Å². The number of hydrogen-bond acceptors (Lipinski definition) is 4. The number of carbonyl (C=O) groups excluding carboxylic acids is 1. The molecule has 128 valence electrons. The van der Waals surface area contributed by atoms with Gasteiger partial charge < -0.3 is 9.15 Å². The molecule has 0 aliphatic heterocycles. The fraction of sp³-hybridized carbons (Fsp3) is 0.158. The van der Waals surface area contributed by atoms with Crippen LogP contribution in [0.25, 0.3) is 11.1 Å². The monoisotopic (exact) mass is 343 g/mol. The summed E-state index contributed by atoms with van der Waals surface area (Å²) in [5.74, 6) is -4.88. The molecule has 0 spiro atoms. The predicted molar refractivity (Wildman–Crippen MR) is 88.5 cm³/mol. The first kappa shape index (κ1) is 16.8. The lowest BCUT2D eigenvalue weighted by atomic mass is 10.2. The zero-order chi connectivity index (χ0) is 18.0. The Balaban J connectivity index is 1.81. The van der Waals surface area contributed by atoms with Gasteiger partial charge in [0.2, 0.25) is 0 Å². The predicted octanol–water partition coefficient (Wildman–Crippen LogP) is 4.78. The number of fused-ring (bicyclic) bond motifs is 1. The van der Waals surface area contributed by atoms with Gasteiger partial charge in [-0.15, -0.1) is 0 Å². The van der Waals surface area contributed by atoms with Gasteiger partial charge >= 0.3 is 11.9 Å². The van der Waals surface area contributed by atoms with Gasteiger partial charge in [0.15, 0.2) is 5.58 Å². The van der Waals surface area contributed by atoms with Crippen molar-refractivity contribution >= 4 is 17.1 Å². The number of hydrogen-bond donors (Lipinski definition) is 0. The molecule has 0 radical (unpaired) electrons. The Morgan fingerprint density at radius 1 is 1.16 bits per heavy atom. The molecule has 25 heavy (non-hydrogen) atoms. The maximum atomic E-state index is 14.4. The van der Waals surface area contributed by atoms with Crippen molar-refractivity contribution in [2.75, 3.05) is 0 Å². The van der Waals surface area contributed by atoms with Crippen LogP contribution < -0.4 is 4.74 Å². The minimum absolute atomic E-state index is 0.243. The lowest BCUT2D eigenvalue weighted by Gasteiger charge is -2.09. The van der Waals surface area contributed by atoms with E-state index in [1.165, 1.54) is 6.92 Å². The first-order valence-electron chi connectivity index (χ1n) is 7.57. The van der Waals surface area contributed by atoms with Crippen molar-refractivity contribution in [2.45, 2.75) is 19.8 Å². The van der Waals surface area contributed by atoms with E-state index in [1.807, 2.05) is 6.92 Å². The summed E-state index contributed by atoms with van der Waals surface area (Å²) in [4.78, 5) is 15.8. The number of aryl methyl sites for hydroxylation is 1. The van der Waals surface area contributed by atoms with Gasteiger partial charge in [0.1, 0.15) is 11.3 Å². The molecule has 3 rings (SSSR count). The average Bonchev–Trinajstić information content (AvgIpc) is 3.01. The van der Waals surface area contributed by atoms with Crippen LogP contribution >= 0.6 is 0 Å². The number of aromatic nitrogens is 1. The second-order valence-corrected chi connectivity index (χ2v) is 5.64. The standard InChI is InChI=1S/C19H15F2NO3/c1-12-7-9-14(10-8-12)24-17(23)13(2)11-19(20,21)18-22-15-5-3-4-6-16(15)25-18/h3-11H,1-2H3/b13-11+. The van der Waals surface area contributed by atoms with Crippen molar-refractivity contribution in [1.82, 2.24) is 4.98 Å². The van der Waals surface area contributed by atoms with E-state index < -0.39 is 17.8 Å². The first-order chi connectivity index (χ1) is 11.8. The Kier molecular flexibility index (Phi) is 4.35. The minimum atomic E-state index is -3.53. The highest BCUT2D eigenvalue weighted by atomic mass is 19.3. The summed E-state index contributed by atoms with van der Waals surface area (Å²) < 4.78 is 38.9. The lowest BCUT2D eigenvalue weighted by molar-refractivity contribution is -0.130. The number of esters is 1. The van der Waals surface area contributed by atoms with E-state index in [4.69, 9.17) is 9.15 Å². The summed E-state index contributed by atoms with van der Waals surface area (Å²) in [6.45, 7) is 3.14. The number of allylic oxidation sites excluding steroid dienone is 1. The third-order valence-corrected chi connectivity index (χ3v) is 3.53. The summed E-state index contributed by atoms with van der Waals surface area (Å²) in [6, 6.07) is 13.2. The molecule has 0 fully saturated rings. The molecule has 1 aromatic heterocycles. The normalized spacial score (nSPS) is 12.4. The first-order valence-corrected chi connectivity index (χ1v) is 7.57. The highest BCUT2D eigenvalue weighted by Crippen LogP contribution is 2.32. The lowest BCUT2D eigenvalue weighted by Crippen LogP contribution is -2.16. The van der Waals surface area contributed by atoms with Crippen LogP contribution in [-0.4, -0.2) is 11.0 Å². The summed E-state index contributed by atoms with van der Waals surface area (Å²) >= 11 is 0. The average molecular weight is 343 g/mol. The van der Waals surface area contributed by atoms with Crippen LogP contribution in [0.15, 0.2) is 64.6 Å². The third-order valence-electron chi connectivity index (χ3n) is 3.53. The highest BCUT2D eigenvalue weighted by molar-refractivity contribution is 5.89. The molecule has 2 aromatic carbocycles. The smallest absolute Gasteiger partial charge is 0.341 e. The zero-order valence-electron chi connectivity index (χ0n) is 13.6. The van der Waals surface area contributed by atoms with Crippen LogP contribution in [0.3, 0.4) is 0 Å². The van der Waals surface area contributed by atoms with Crippen LogP contribution in [0.1, 0.15) is 18.4 Å². The number of para-hydroxylation sites is 2. The van der Waals surface area contributed by atoms with Crippen molar-refractivity contribution in [2.24, 2.45) is 0 Å². The van der Waals surface area contributed by atoms with E-state index in [2.05, 4.69) is 4.98 Å². The summed E-state index contributed by atoms with van der Waals surface area (Å²) in [5, 5.41) is 0. The zero-order valence-corrected chi connectivity index (χ0v) is 13.6. The minimum Gasteiger partial charge on any atom is -0.435 e. The number of rotatable bonds is 4. The maximum Gasteiger partial charge on any atom is 0.341 e. The van der Waals surface area contributed by atoms with Gasteiger partial charge in [0.05, 0.1) is 0 Å². The van der Waals surface area contributed by atoms with Gasteiger partial charge in [-0.25, -0.2) is 9.78 Å². The van der Waals surface area contributed by atoms with Crippen LogP contribution in [0, 0.1) is 6.92 Å². The molecule has 0 saturated heterocycles. The van der Waals surface area contributed by atoms with Gasteiger partial charge in [0, 0.05) is 11.6 Å². The molecular weight excluding hydrogens is 328 g/mol. The number of nitrogens with zero attached hydrogens (tertiary/aromatic N) is 1. The van der Waals surface area contributed by atoms with Gasteiger partial charge in [0.25, 0.3) is 5.89 Å². The Bertz CT molecular complexity index is 910. The second-order valence-electron chi connectivity index (χ2n) is 5.64. The Morgan fingerprint density at radius 3 is 2.52 bits per heavy atom. The van der Waals surface area contributed by atoms with Crippen molar-refractivity contribution in [3.05, 3.63) is 71.6 Å². The molecule has 0 aliphatic rings. The maximum absolute atomic E-state index is 14.4. The van der Waals surface area contributed by atoms with Crippen molar-refractivity contribution in [1.29, 1.82) is 0 Å². The number of oxazole rings is 1.